The first-order valence-corrected chi connectivity index (χ1v) is 12.9. The largest absolute Gasteiger partial charge is 0.355 e. The van der Waals surface area contributed by atoms with E-state index in [0.717, 1.165) is 41.5 Å². The molecule has 0 unspecified atom stereocenters. The molecular weight excluding hydrogens is 483 g/mol. The molecule has 1 aliphatic heterocycles. The zero-order chi connectivity index (χ0) is 26.5. The van der Waals surface area contributed by atoms with Crippen molar-refractivity contribution in [2.45, 2.75) is 26.2 Å². The van der Waals surface area contributed by atoms with E-state index in [-0.39, 0.29) is 17.6 Å². The average molecular weight is 515 g/mol. The minimum atomic E-state index is -0.220. The van der Waals surface area contributed by atoms with Crippen molar-refractivity contribution in [2.75, 3.05) is 31.1 Å². The number of hydrogen-bond donors (Lipinski definition) is 2. The predicted octanol–water partition coefficient (Wildman–Crippen LogP) is 4.47. The summed E-state index contributed by atoms with van der Waals surface area (Å²) in [4.78, 5) is 40.8. The number of piperidine rings is 1. The second-order valence-electron chi connectivity index (χ2n) is 9.69. The van der Waals surface area contributed by atoms with Crippen LogP contribution in [0.1, 0.15) is 35.7 Å². The zero-order valence-corrected chi connectivity index (χ0v) is 21.4. The van der Waals surface area contributed by atoms with E-state index in [4.69, 9.17) is 0 Å². The number of nitrogens with zero attached hydrogens (tertiary/aromatic N) is 4. The number of rotatable bonds is 8. The summed E-state index contributed by atoms with van der Waals surface area (Å²) in [5, 5.41) is 3.70. The molecule has 4 aromatic rings. The van der Waals surface area contributed by atoms with E-state index >= 15 is 0 Å². The van der Waals surface area contributed by atoms with Gasteiger partial charge < -0.3 is 20.1 Å². The summed E-state index contributed by atoms with van der Waals surface area (Å²) in [7, 11) is 0. The predicted molar refractivity (Wildman–Crippen MR) is 145 cm³/mol. The summed E-state index contributed by atoms with van der Waals surface area (Å²) in [5.74, 6) is 0.853. The average Bonchev–Trinajstić information content (AvgIpc) is 3.42. The van der Waals surface area contributed by atoms with Crippen LogP contribution in [0.15, 0.2) is 67.1 Å². The first-order chi connectivity index (χ1) is 18.5. The van der Waals surface area contributed by atoms with Crippen molar-refractivity contribution in [3.05, 3.63) is 84.1 Å². The first-order valence-electron chi connectivity index (χ1n) is 12.9. The van der Waals surface area contributed by atoms with Crippen molar-refractivity contribution in [1.29, 1.82) is 0 Å². The zero-order valence-electron chi connectivity index (χ0n) is 21.4. The third kappa shape index (κ3) is 5.82. The van der Waals surface area contributed by atoms with Crippen molar-refractivity contribution in [3.63, 3.8) is 0 Å². The monoisotopic (exact) mass is 514 g/mol. The molecule has 2 aromatic carbocycles. The Kier molecular flexibility index (Phi) is 7.62. The number of aromatic nitrogens is 3. The van der Waals surface area contributed by atoms with Gasteiger partial charge in [-0.2, -0.15) is 0 Å². The number of halogens is 1. The van der Waals surface area contributed by atoms with Crippen LogP contribution in [0.4, 0.5) is 15.9 Å². The van der Waals surface area contributed by atoms with E-state index in [1.54, 1.807) is 0 Å². The second-order valence-corrected chi connectivity index (χ2v) is 9.69. The summed E-state index contributed by atoms with van der Waals surface area (Å²) in [6.45, 7) is 3.77. The first kappa shape index (κ1) is 25.4. The quantitative estimate of drug-likeness (QED) is 0.362. The van der Waals surface area contributed by atoms with Gasteiger partial charge in [-0.15, -0.1) is 0 Å². The summed E-state index contributed by atoms with van der Waals surface area (Å²) < 4.78 is 13.2. The van der Waals surface area contributed by atoms with Crippen LogP contribution in [0, 0.1) is 11.7 Å². The Morgan fingerprint density at radius 2 is 1.89 bits per heavy atom. The van der Waals surface area contributed by atoms with Crippen LogP contribution >= 0.6 is 0 Å². The fourth-order valence-electron chi connectivity index (χ4n) is 5.06. The molecule has 2 aromatic heterocycles. The Balaban J connectivity index is 1.31. The van der Waals surface area contributed by atoms with Crippen molar-refractivity contribution in [2.24, 2.45) is 5.92 Å². The third-order valence-corrected chi connectivity index (χ3v) is 7.04. The van der Waals surface area contributed by atoms with Crippen molar-refractivity contribution in [3.8, 4) is 0 Å². The molecular formula is C29H31FN6O2. The van der Waals surface area contributed by atoms with Crippen molar-refractivity contribution < 1.29 is 14.0 Å². The third-order valence-electron chi connectivity index (χ3n) is 7.04. The van der Waals surface area contributed by atoms with E-state index in [9.17, 15) is 14.0 Å². The van der Waals surface area contributed by atoms with Crippen molar-refractivity contribution >= 4 is 34.4 Å². The number of likely N-dealkylation sites (tertiary alicyclic amines) is 1. The molecule has 196 valence electrons. The summed E-state index contributed by atoms with van der Waals surface area (Å²) in [6, 6.07) is 16.2. The Hall–Kier alpha value is -4.27. The molecule has 0 atom stereocenters. The lowest BCUT2D eigenvalue weighted by Gasteiger charge is -2.32. The molecule has 2 N–H and O–H groups in total. The Morgan fingerprint density at radius 1 is 1.11 bits per heavy atom. The number of fused-ring (bicyclic) bond motifs is 1. The van der Waals surface area contributed by atoms with Gasteiger partial charge >= 0.3 is 0 Å². The van der Waals surface area contributed by atoms with E-state index in [1.807, 2.05) is 58.5 Å². The Morgan fingerprint density at radius 3 is 2.66 bits per heavy atom. The maximum Gasteiger partial charge on any atom is 0.253 e. The maximum atomic E-state index is 13.5. The number of nitrogens with one attached hydrogen (secondary N) is 2. The highest BCUT2D eigenvalue weighted by molar-refractivity contribution is 5.96. The van der Waals surface area contributed by atoms with Crippen LogP contribution in [0.2, 0.25) is 0 Å². The smallest absolute Gasteiger partial charge is 0.253 e. The highest BCUT2D eigenvalue weighted by atomic mass is 19.1. The molecule has 1 aliphatic rings. The van der Waals surface area contributed by atoms with Gasteiger partial charge in [0.15, 0.2) is 0 Å². The topological polar surface area (TPSA) is 94.2 Å². The van der Waals surface area contributed by atoms with Crippen LogP contribution in [0.25, 0.3) is 11.0 Å². The minimum absolute atomic E-state index is 0.00312. The number of H-pyrrole nitrogens is 1. The Labute approximate surface area is 220 Å². The number of carbonyl (C=O) groups is 2. The van der Waals surface area contributed by atoms with Crippen LogP contribution in [0.5, 0.6) is 0 Å². The lowest BCUT2D eigenvalue weighted by Crippen LogP contribution is -2.39. The molecule has 5 rings (SSSR count). The van der Waals surface area contributed by atoms with Crippen LogP contribution in [-0.4, -0.2) is 57.8 Å². The lowest BCUT2D eigenvalue weighted by atomic mass is 9.90. The van der Waals surface area contributed by atoms with Gasteiger partial charge in [0.2, 0.25) is 5.91 Å². The molecule has 0 bridgehead atoms. The normalized spacial score (nSPS) is 14.0. The number of benzene rings is 2. The van der Waals surface area contributed by atoms with E-state index in [2.05, 4.69) is 20.3 Å². The number of carbonyl (C=O) groups excluding carboxylic acids is 2. The molecule has 3 heterocycles. The summed E-state index contributed by atoms with van der Waals surface area (Å²) in [5.41, 5.74) is 3.27. The second kappa shape index (κ2) is 11.4. The number of hydrogen-bond acceptors (Lipinski definition) is 5. The van der Waals surface area contributed by atoms with Gasteiger partial charge in [-0.1, -0.05) is 18.2 Å². The van der Waals surface area contributed by atoms with Gasteiger partial charge in [0, 0.05) is 50.6 Å². The molecule has 38 heavy (non-hydrogen) atoms. The molecule has 8 nitrogen and oxygen atoms in total. The van der Waals surface area contributed by atoms with Crippen LogP contribution < -0.4 is 10.2 Å². The maximum absolute atomic E-state index is 13.5. The molecule has 1 saturated heterocycles. The van der Waals surface area contributed by atoms with Gasteiger partial charge in [-0.25, -0.2) is 14.4 Å². The highest BCUT2D eigenvalue weighted by Crippen LogP contribution is 2.30. The summed E-state index contributed by atoms with van der Waals surface area (Å²) >= 11 is 0. The van der Waals surface area contributed by atoms with Crippen molar-refractivity contribution in [1.82, 2.24) is 25.2 Å². The molecule has 0 saturated carbocycles. The minimum Gasteiger partial charge on any atom is -0.355 e. The summed E-state index contributed by atoms with van der Waals surface area (Å²) in [6.07, 6.45) is 6.04. The lowest BCUT2D eigenvalue weighted by molar-refractivity contribution is -0.118. The van der Waals surface area contributed by atoms with E-state index in [0.29, 0.717) is 43.5 Å². The van der Waals surface area contributed by atoms with Crippen LogP contribution in [0.3, 0.4) is 0 Å². The molecule has 9 heteroatoms. The molecule has 0 spiro atoms. The van der Waals surface area contributed by atoms with Crippen LogP contribution in [-0.2, 0) is 11.2 Å². The SMILES string of the molecule is CC(=O)NCCN(c1cccc(C(=O)N2CCC(Cc3ccc(F)cc3)CC2)c1)c1ncnc2[nH]ccc12. The van der Waals surface area contributed by atoms with E-state index in [1.165, 1.54) is 25.4 Å². The van der Waals surface area contributed by atoms with E-state index < -0.39 is 0 Å². The standard InChI is InChI=1S/C29H31FN6O2/c1-20(37)31-13-16-36(28-26-9-12-32-27(26)33-19-34-28)25-4-2-3-23(18-25)29(38)35-14-10-22(11-15-35)17-21-5-7-24(30)8-6-21/h2-9,12,18-19,22H,10-11,13-17H2,1H3,(H,31,37)(H,32,33,34). The fourth-order valence-corrected chi connectivity index (χ4v) is 5.06. The molecule has 0 radical (unpaired) electrons. The fraction of sp³-hybridized carbons (Fsp3) is 0.310. The van der Waals surface area contributed by atoms with Gasteiger partial charge in [-0.05, 0) is 67.1 Å². The number of amides is 2. The molecule has 0 aliphatic carbocycles. The van der Waals surface area contributed by atoms with Gasteiger partial charge in [-0.3, -0.25) is 9.59 Å². The van der Waals surface area contributed by atoms with Gasteiger partial charge in [0.25, 0.3) is 5.91 Å². The number of anilines is 2. The Bertz CT molecular complexity index is 1410. The van der Waals surface area contributed by atoms with Gasteiger partial charge in [0.05, 0.1) is 5.39 Å². The number of aromatic amines is 1. The molecule has 1 fully saturated rings. The van der Waals surface area contributed by atoms with Gasteiger partial charge in [0.1, 0.15) is 23.6 Å². The highest BCUT2D eigenvalue weighted by Gasteiger charge is 2.25. The molecule has 2 amide bonds.